The maximum atomic E-state index is 13.5. The Kier molecular flexibility index (Phi) is 4.59. The first-order valence-corrected chi connectivity index (χ1v) is 10.6. The van der Waals surface area contributed by atoms with Gasteiger partial charge in [0.15, 0.2) is 5.16 Å². The highest BCUT2D eigenvalue weighted by molar-refractivity contribution is 7.98. The lowest BCUT2D eigenvalue weighted by Crippen LogP contribution is -2.22. The fourth-order valence-corrected chi connectivity index (χ4v) is 4.44. The van der Waals surface area contributed by atoms with E-state index in [2.05, 4.69) is 15.2 Å². The van der Waals surface area contributed by atoms with Gasteiger partial charge in [0.25, 0.3) is 5.56 Å². The lowest BCUT2D eigenvalue weighted by atomic mass is 10.1. The molecule has 30 heavy (non-hydrogen) atoms. The fraction of sp³-hybridized carbons (Fsp3) is 0.130. The van der Waals surface area contributed by atoms with Crippen molar-refractivity contribution in [2.24, 2.45) is 0 Å². The number of para-hydroxylation sites is 1. The van der Waals surface area contributed by atoms with Crippen LogP contribution < -0.4 is 5.56 Å². The maximum absolute atomic E-state index is 13.5. The Balaban J connectivity index is 1.77. The zero-order valence-corrected chi connectivity index (χ0v) is 17.4. The minimum absolute atomic E-state index is 0.0968. The van der Waals surface area contributed by atoms with Gasteiger partial charge in [-0.3, -0.25) is 14.2 Å². The summed E-state index contributed by atoms with van der Waals surface area (Å²) in [6.45, 7) is 4.07. The molecule has 0 aliphatic heterocycles. The van der Waals surface area contributed by atoms with Crippen molar-refractivity contribution >= 4 is 28.4 Å². The highest BCUT2D eigenvalue weighted by Gasteiger charge is 2.19. The maximum Gasteiger partial charge on any atom is 0.267 e. The van der Waals surface area contributed by atoms with Gasteiger partial charge in [-0.2, -0.15) is 0 Å². The molecule has 0 unspecified atom stereocenters. The Morgan fingerprint density at radius 3 is 2.60 bits per heavy atom. The molecular formula is C23H19N5OS. The number of hydrogen-bond acceptors (Lipinski definition) is 5. The topological polar surface area (TPSA) is 65.1 Å². The number of pyridine rings is 1. The Hall–Kier alpha value is -3.45. The molecule has 148 valence electrons. The van der Waals surface area contributed by atoms with Crippen LogP contribution in [0.2, 0.25) is 0 Å². The summed E-state index contributed by atoms with van der Waals surface area (Å²) < 4.78 is 3.63. The summed E-state index contributed by atoms with van der Waals surface area (Å²) in [6, 6.07) is 19.4. The largest absolute Gasteiger partial charge is 0.268 e. The van der Waals surface area contributed by atoms with Crippen molar-refractivity contribution in [3.8, 4) is 5.69 Å². The zero-order valence-electron chi connectivity index (χ0n) is 16.6. The molecule has 0 atom stereocenters. The van der Waals surface area contributed by atoms with Crippen LogP contribution in [0.5, 0.6) is 0 Å². The lowest BCUT2D eigenvalue weighted by Gasteiger charge is -2.14. The molecule has 5 aromatic rings. The molecule has 0 fully saturated rings. The van der Waals surface area contributed by atoms with Crippen LogP contribution in [0, 0.1) is 13.8 Å². The van der Waals surface area contributed by atoms with E-state index in [0.717, 1.165) is 33.2 Å². The second-order valence-electron chi connectivity index (χ2n) is 7.10. The van der Waals surface area contributed by atoms with Crippen molar-refractivity contribution in [3.05, 3.63) is 94.0 Å². The minimum Gasteiger partial charge on any atom is -0.268 e. The van der Waals surface area contributed by atoms with E-state index in [1.54, 1.807) is 22.5 Å². The number of thioether (sulfide) groups is 1. The molecular weight excluding hydrogens is 394 g/mol. The van der Waals surface area contributed by atoms with Gasteiger partial charge in [0.05, 0.1) is 22.3 Å². The number of fused-ring (bicyclic) bond motifs is 3. The smallest absolute Gasteiger partial charge is 0.267 e. The van der Waals surface area contributed by atoms with Crippen LogP contribution in [-0.4, -0.2) is 24.1 Å². The van der Waals surface area contributed by atoms with E-state index in [1.807, 2.05) is 78.9 Å². The lowest BCUT2D eigenvalue weighted by molar-refractivity contribution is 0.926. The Labute approximate surface area is 177 Å². The van der Waals surface area contributed by atoms with Crippen LogP contribution in [0.25, 0.3) is 22.4 Å². The normalized spacial score (nSPS) is 11.4. The molecule has 0 saturated heterocycles. The monoisotopic (exact) mass is 413 g/mol. The number of rotatable bonds is 4. The quantitative estimate of drug-likeness (QED) is 0.410. The van der Waals surface area contributed by atoms with Crippen LogP contribution in [0.4, 0.5) is 0 Å². The molecule has 6 nitrogen and oxygen atoms in total. The fourth-order valence-electron chi connectivity index (χ4n) is 3.59. The third-order valence-corrected chi connectivity index (χ3v) is 6.25. The first kappa shape index (κ1) is 18.6. The molecule has 0 aliphatic rings. The standard InChI is InChI=1S/C23H19N5OS/c1-15-8-7-12-19(16(15)2)27-21(29)18-10-3-4-11-20(18)28-22(27)25-26-23(28)30-14-17-9-5-6-13-24-17/h3-13H,14H2,1-2H3. The summed E-state index contributed by atoms with van der Waals surface area (Å²) in [5.41, 5.74) is 4.65. The van der Waals surface area contributed by atoms with Crippen molar-refractivity contribution in [3.63, 3.8) is 0 Å². The van der Waals surface area contributed by atoms with Crippen LogP contribution >= 0.6 is 11.8 Å². The molecule has 0 saturated carbocycles. The third-order valence-electron chi connectivity index (χ3n) is 5.29. The molecule has 3 aromatic heterocycles. The molecule has 0 spiro atoms. The van der Waals surface area contributed by atoms with E-state index in [-0.39, 0.29) is 5.56 Å². The highest BCUT2D eigenvalue weighted by atomic mass is 32.2. The van der Waals surface area contributed by atoms with Crippen LogP contribution in [-0.2, 0) is 5.75 Å². The minimum atomic E-state index is -0.0968. The first-order valence-electron chi connectivity index (χ1n) is 9.63. The van der Waals surface area contributed by atoms with E-state index in [1.165, 1.54) is 0 Å². The number of aryl methyl sites for hydroxylation is 1. The predicted octanol–water partition coefficient (Wildman–Crippen LogP) is 4.34. The summed E-state index contributed by atoms with van der Waals surface area (Å²) in [5.74, 6) is 1.18. The van der Waals surface area contributed by atoms with Gasteiger partial charge in [0.1, 0.15) is 0 Å². The van der Waals surface area contributed by atoms with Gasteiger partial charge in [-0.15, -0.1) is 10.2 Å². The van der Waals surface area contributed by atoms with Crippen molar-refractivity contribution in [2.75, 3.05) is 0 Å². The van der Waals surface area contributed by atoms with Crippen molar-refractivity contribution in [1.29, 1.82) is 0 Å². The molecule has 3 heterocycles. The van der Waals surface area contributed by atoms with Crippen LogP contribution in [0.15, 0.2) is 76.8 Å². The molecule has 7 heteroatoms. The van der Waals surface area contributed by atoms with E-state index in [0.29, 0.717) is 16.9 Å². The number of aromatic nitrogens is 5. The highest BCUT2D eigenvalue weighted by Crippen LogP contribution is 2.26. The van der Waals surface area contributed by atoms with Gasteiger partial charge in [-0.05, 0) is 55.3 Å². The average Bonchev–Trinajstić information content (AvgIpc) is 3.20. The predicted molar refractivity (Wildman–Crippen MR) is 119 cm³/mol. The van der Waals surface area contributed by atoms with Gasteiger partial charge in [-0.25, -0.2) is 4.57 Å². The van der Waals surface area contributed by atoms with E-state index < -0.39 is 0 Å². The number of benzene rings is 2. The zero-order chi connectivity index (χ0) is 20.7. The molecule has 0 radical (unpaired) electrons. The molecule has 0 aliphatic carbocycles. The molecule has 0 N–H and O–H groups in total. The second-order valence-corrected chi connectivity index (χ2v) is 8.05. The molecule has 2 aromatic carbocycles. The second kappa shape index (κ2) is 7.42. The summed E-state index contributed by atoms with van der Waals surface area (Å²) in [7, 11) is 0. The number of nitrogens with zero attached hydrogens (tertiary/aromatic N) is 5. The van der Waals surface area contributed by atoms with Gasteiger partial charge in [-0.1, -0.05) is 42.1 Å². The van der Waals surface area contributed by atoms with Crippen molar-refractivity contribution in [1.82, 2.24) is 24.1 Å². The Morgan fingerprint density at radius 2 is 1.77 bits per heavy atom. The van der Waals surface area contributed by atoms with Crippen molar-refractivity contribution in [2.45, 2.75) is 24.8 Å². The van der Waals surface area contributed by atoms with Gasteiger partial charge < -0.3 is 0 Å². The third kappa shape index (κ3) is 2.98. The summed E-state index contributed by atoms with van der Waals surface area (Å²) in [6.07, 6.45) is 1.78. The molecule has 0 amide bonds. The Bertz CT molecular complexity index is 1440. The molecule has 0 bridgehead atoms. The number of hydrogen-bond donors (Lipinski definition) is 0. The van der Waals surface area contributed by atoms with Gasteiger partial charge in [0, 0.05) is 11.9 Å². The van der Waals surface area contributed by atoms with Crippen molar-refractivity contribution < 1.29 is 0 Å². The van der Waals surface area contributed by atoms with Crippen LogP contribution in [0.3, 0.4) is 0 Å². The van der Waals surface area contributed by atoms with E-state index in [4.69, 9.17) is 0 Å². The van der Waals surface area contributed by atoms with Gasteiger partial charge in [0.2, 0.25) is 5.78 Å². The van der Waals surface area contributed by atoms with E-state index in [9.17, 15) is 4.79 Å². The molecule has 5 rings (SSSR count). The Morgan fingerprint density at radius 1 is 0.933 bits per heavy atom. The van der Waals surface area contributed by atoms with Gasteiger partial charge >= 0.3 is 0 Å². The summed E-state index contributed by atoms with van der Waals surface area (Å²) >= 11 is 1.55. The summed E-state index contributed by atoms with van der Waals surface area (Å²) in [4.78, 5) is 17.8. The SMILES string of the molecule is Cc1cccc(-n2c(=O)c3ccccc3n3c(SCc4ccccn4)nnc23)c1C. The first-order chi connectivity index (χ1) is 14.6. The van der Waals surface area contributed by atoms with E-state index >= 15 is 0 Å². The summed E-state index contributed by atoms with van der Waals surface area (Å²) in [5, 5.41) is 10.2. The average molecular weight is 414 g/mol. The van der Waals surface area contributed by atoms with Crippen LogP contribution in [0.1, 0.15) is 16.8 Å².